The molecule has 43 heavy (non-hydrogen) atoms. The minimum atomic E-state index is -2.33. The van der Waals surface area contributed by atoms with Crippen LogP contribution in [0.5, 0.6) is 0 Å². The zero-order valence-corrected chi connectivity index (χ0v) is 25.1. The van der Waals surface area contributed by atoms with Crippen molar-refractivity contribution >= 4 is 46.3 Å². The molecule has 1 heterocycles. The molecule has 236 valence electrons. The first-order valence-electron chi connectivity index (χ1n) is 14.9. The largest absolute Gasteiger partial charge is 0.326 e. The molecule has 12 heteroatoms. The van der Waals surface area contributed by atoms with Crippen LogP contribution in [0.4, 0.5) is 39.0 Å². The molecule has 0 bridgehead atoms. The molecule has 0 aliphatic carbocycles. The Balaban J connectivity index is 1.45. The minimum Gasteiger partial charge on any atom is -0.326 e. The van der Waals surface area contributed by atoms with Crippen LogP contribution in [-0.2, 0) is 9.59 Å². The molecule has 0 spiro atoms. The number of carbonyl (C=O) groups excluding carboxylic acids is 2. The van der Waals surface area contributed by atoms with Crippen molar-refractivity contribution in [2.45, 2.75) is 103 Å². The van der Waals surface area contributed by atoms with E-state index in [4.69, 9.17) is 11.6 Å². The highest BCUT2D eigenvalue weighted by molar-refractivity contribution is 6.33. The number of rotatable bonds is 17. The van der Waals surface area contributed by atoms with Crippen molar-refractivity contribution in [1.82, 2.24) is 5.43 Å². The maximum Gasteiger partial charge on any atom is 0.253 e. The summed E-state index contributed by atoms with van der Waals surface area (Å²) in [5.74, 6) is -12.4. The molecule has 0 unspecified atom stereocenters. The van der Waals surface area contributed by atoms with Gasteiger partial charge in [-0.25, -0.2) is 32.0 Å². The van der Waals surface area contributed by atoms with Crippen molar-refractivity contribution in [3.05, 3.63) is 52.3 Å². The molecule has 1 aliphatic heterocycles. The van der Waals surface area contributed by atoms with Crippen LogP contribution in [0.25, 0.3) is 0 Å². The standard InChI is InChI=1S/C31H38ClF5N4O2/c1-2-3-4-5-6-7-8-9-10-11-12-13-14-15-24(42)38-20-16-17-21(32)22(18-20)39-23-19-25(43)41(40-23)31-29(36)27(34)26(33)28(35)30(31)37/h16-18H,2-15,19H2,1H3,(H,38,42)(H,39,40). The van der Waals surface area contributed by atoms with E-state index in [0.29, 0.717) is 12.1 Å². The molecule has 0 atom stereocenters. The average Bonchev–Trinajstić information content (AvgIpc) is 3.34. The van der Waals surface area contributed by atoms with Crippen molar-refractivity contribution < 1.29 is 31.5 Å². The molecule has 2 amide bonds. The number of unbranched alkanes of at least 4 members (excludes halogenated alkanes) is 12. The maximum atomic E-state index is 14.2. The predicted molar refractivity (Wildman–Crippen MR) is 159 cm³/mol. The third-order valence-corrected chi connectivity index (χ3v) is 7.53. The number of carbonyl (C=O) groups is 2. The fraction of sp³-hybridized carbons (Fsp3) is 0.516. The number of amidine groups is 1. The summed E-state index contributed by atoms with van der Waals surface area (Å²) in [7, 11) is 0. The van der Waals surface area contributed by atoms with Gasteiger partial charge in [0.1, 0.15) is 11.5 Å². The Morgan fingerprint density at radius 2 is 1.35 bits per heavy atom. The Morgan fingerprint density at radius 3 is 1.91 bits per heavy atom. The van der Waals surface area contributed by atoms with Crippen LogP contribution in [0.2, 0.25) is 5.02 Å². The first kappa shape index (κ1) is 34.3. The molecule has 3 rings (SSSR count). The fourth-order valence-corrected chi connectivity index (χ4v) is 5.00. The van der Waals surface area contributed by atoms with Crippen LogP contribution in [0.1, 0.15) is 103 Å². The highest BCUT2D eigenvalue weighted by Gasteiger charge is 2.36. The summed E-state index contributed by atoms with van der Waals surface area (Å²) in [4.78, 5) is 29.0. The number of anilines is 2. The zero-order chi connectivity index (χ0) is 31.4. The minimum absolute atomic E-state index is 0.120. The van der Waals surface area contributed by atoms with Gasteiger partial charge in [-0.3, -0.25) is 15.0 Å². The quantitative estimate of drug-likeness (QED) is 0.0793. The van der Waals surface area contributed by atoms with Crippen molar-refractivity contribution in [1.29, 1.82) is 0 Å². The van der Waals surface area contributed by atoms with E-state index in [0.717, 1.165) is 25.7 Å². The fourth-order valence-electron chi connectivity index (χ4n) is 4.84. The third kappa shape index (κ3) is 9.91. The normalized spacial score (nSPS) is 14.1. The average molecular weight is 629 g/mol. The lowest BCUT2D eigenvalue weighted by Gasteiger charge is -2.18. The van der Waals surface area contributed by atoms with Gasteiger partial charge in [0.15, 0.2) is 23.3 Å². The number of nitrogens with one attached hydrogen (secondary N) is 2. The lowest BCUT2D eigenvalue weighted by molar-refractivity contribution is -0.117. The SMILES string of the molecule is CCCCCCCCCCCCCCCC(=O)Nc1ccc(Cl)c(N=C2CC(=O)N(c3c(F)c(F)c(F)c(F)c3F)N2)c1. The van der Waals surface area contributed by atoms with Gasteiger partial charge >= 0.3 is 0 Å². The van der Waals surface area contributed by atoms with Crippen LogP contribution in [0.15, 0.2) is 23.2 Å². The first-order valence-corrected chi connectivity index (χ1v) is 15.3. The summed E-state index contributed by atoms with van der Waals surface area (Å²) in [6.07, 6.45) is 15.5. The highest BCUT2D eigenvalue weighted by atomic mass is 35.5. The van der Waals surface area contributed by atoms with Gasteiger partial charge in [0, 0.05) is 12.1 Å². The van der Waals surface area contributed by atoms with Crippen LogP contribution >= 0.6 is 11.6 Å². The molecule has 0 saturated carbocycles. The van der Waals surface area contributed by atoms with Crippen molar-refractivity contribution in [2.24, 2.45) is 4.99 Å². The lowest BCUT2D eigenvalue weighted by atomic mass is 10.0. The second kappa shape index (κ2) is 17.2. The van der Waals surface area contributed by atoms with E-state index in [-0.39, 0.29) is 27.5 Å². The Labute approximate surface area is 254 Å². The van der Waals surface area contributed by atoms with Crippen LogP contribution in [-0.4, -0.2) is 17.6 Å². The molecule has 6 nitrogen and oxygen atoms in total. The van der Waals surface area contributed by atoms with Gasteiger partial charge in [-0.2, -0.15) is 0 Å². The Kier molecular flexibility index (Phi) is 13.7. The Bertz CT molecular complexity index is 1280. The van der Waals surface area contributed by atoms with Gasteiger partial charge in [0.25, 0.3) is 5.91 Å². The predicted octanol–water partition coefficient (Wildman–Crippen LogP) is 9.43. The van der Waals surface area contributed by atoms with Gasteiger partial charge in [0.2, 0.25) is 11.7 Å². The summed E-state index contributed by atoms with van der Waals surface area (Å²) in [6, 6.07) is 4.49. The van der Waals surface area contributed by atoms with E-state index in [9.17, 15) is 31.5 Å². The summed E-state index contributed by atoms with van der Waals surface area (Å²) in [6.45, 7) is 2.23. The monoisotopic (exact) mass is 628 g/mol. The van der Waals surface area contributed by atoms with Gasteiger partial charge in [0.05, 0.1) is 17.1 Å². The van der Waals surface area contributed by atoms with Gasteiger partial charge in [-0.1, -0.05) is 95.6 Å². The zero-order valence-electron chi connectivity index (χ0n) is 24.3. The second-order valence-electron chi connectivity index (χ2n) is 10.7. The summed E-state index contributed by atoms with van der Waals surface area (Å²) in [5.41, 5.74) is 1.34. The Morgan fingerprint density at radius 1 is 0.837 bits per heavy atom. The number of benzene rings is 2. The number of halogens is 6. The number of hydrogen-bond donors (Lipinski definition) is 2. The molecule has 0 aromatic heterocycles. The van der Waals surface area contributed by atoms with Crippen LogP contribution < -0.4 is 15.8 Å². The summed E-state index contributed by atoms with van der Waals surface area (Å²) >= 11 is 6.20. The smallest absolute Gasteiger partial charge is 0.253 e. The Hall–Kier alpha value is -3.21. The van der Waals surface area contributed by atoms with Gasteiger partial charge in [-0.05, 0) is 24.6 Å². The highest BCUT2D eigenvalue weighted by Crippen LogP contribution is 2.33. The summed E-state index contributed by atoms with van der Waals surface area (Å²) in [5, 5.41) is 3.13. The molecule has 1 fully saturated rings. The molecule has 1 aliphatic rings. The number of hydrazine groups is 1. The second-order valence-corrected chi connectivity index (χ2v) is 11.1. The number of aliphatic imine (C=N–C) groups is 1. The van der Waals surface area contributed by atoms with E-state index < -0.39 is 47.1 Å². The first-order chi connectivity index (χ1) is 20.6. The molecule has 2 aromatic rings. The number of amides is 2. The molecule has 0 radical (unpaired) electrons. The lowest BCUT2D eigenvalue weighted by Crippen LogP contribution is -2.38. The van der Waals surface area contributed by atoms with Crippen LogP contribution in [0.3, 0.4) is 0 Å². The van der Waals surface area contributed by atoms with E-state index in [1.165, 1.54) is 69.9 Å². The van der Waals surface area contributed by atoms with E-state index in [2.05, 4.69) is 22.7 Å². The molecular weight excluding hydrogens is 591 g/mol. The van der Waals surface area contributed by atoms with E-state index in [1.54, 1.807) is 6.07 Å². The molecular formula is C31H38ClF5N4O2. The molecule has 1 saturated heterocycles. The topological polar surface area (TPSA) is 73.8 Å². The van der Waals surface area contributed by atoms with E-state index in [1.807, 2.05) is 0 Å². The van der Waals surface area contributed by atoms with Crippen LogP contribution in [0, 0.1) is 29.1 Å². The third-order valence-electron chi connectivity index (χ3n) is 7.21. The van der Waals surface area contributed by atoms with Gasteiger partial charge < -0.3 is 5.32 Å². The number of hydrogen-bond acceptors (Lipinski definition) is 3. The van der Waals surface area contributed by atoms with Gasteiger partial charge in [-0.15, -0.1) is 0 Å². The van der Waals surface area contributed by atoms with Crippen molar-refractivity contribution in [3.8, 4) is 0 Å². The summed E-state index contributed by atoms with van der Waals surface area (Å²) < 4.78 is 69.1. The van der Waals surface area contributed by atoms with Crippen molar-refractivity contribution in [2.75, 3.05) is 10.3 Å². The molecule has 2 N–H and O–H groups in total. The van der Waals surface area contributed by atoms with Crippen molar-refractivity contribution in [3.63, 3.8) is 0 Å². The molecule has 2 aromatic carbocycles. The van der Waals surface area contributed by atoms with E-state index >= 15 is 0 Å². The number of nitrogens with zero attached hydrogens (tertiary/aromatic N) is 2. The maximum absolute atomic E-state index is 14.2.